The van der Waals surface area contributed by atoms with Gasteiger partial charge in [0.25, 0.3) is 0 Å². The SMILES string of the molecule is FC(F)(F)c1cc(N2[C@@H]3CC[C@@H](C3)[C@H]2c2nncn2-c2ccc3sccc3c2)nc(C(F)(F)F)c1. The number of hydrogen-bond acceptors (Lipinski definition) is 5. The number of anilines is 1. The van der Waals surface area contributed by atoms with Crippen LogP contribution in [0.5, 0.6) is 0 Å². The predicted octanol–water partition coefficient (Wildman–Crippen LogP) is 6.64. The van der Waals surface area contributed by atoms with E-state index in [1.807, 2.05) is 29.6 Å². The summed E-state index contributed by atoms with van der Waals surface area (Å²) in [5.41, 5.74) is -2.17. The van der Waals surface area contributed by atoms with E-state index in [1.165, 1.54) is 6.33 Å². The Morgan fingerprint density at radius 3 is 2.54 bits per heavy atom. The van der Waals surface area contributed by atoms with Gasteiger partial charge in [0.05, 0.1) is 11.6 Å². The lowest BCUT2D eigenvalue weighted by Gasteiger charge is -2.36. The molecule has 0 spiro atoms. The summed E-state index contributed by atoms with van der Waals surface area (Å²) in [7, 11) is 0. The molecule has 2 bridgehead atoms. The monoisotopic (exact) mass is 509 g/mol. The second-order valence-corrected chi connectivity index (χ2v) is 9.82. The number of piperidine rings is 1. The highest BCUT2D eigenvalue weighted by Gasteiger charge is 2.50. The minimum atomic E-state index is -5.01. The molecular weight excluding hydrogens is 492 g/mol. The first kappa shape index (κ1) is 22.3. The van der Waals surface area contributed by atoms with Crippen LogP contribution in [0.4, 0.5) is 32.2 Å². The Labute approximate surface area is 199 Å². The Morgan fingerprint density at radius 2 is 1.77 bits per heavy atom. The predicted molar refractivity (Wildman–Crippen MR) is 117 cm³/mol. The maximum Gasteiger partial charge on any atom is 0.433 e. The fraction of sp³-hybridized carbons (Fsp3) is 0.348. The van der Waals surface area contributed by atoms with Gasteiger partial charge >= 0.3 is 12.4 Å². The Kier molecular flexibility index (Phi) is 4.89. The number of nitrogens with zero attached hydrogens (tertiary/aromatic N) is 5. The fourth-order valence-corrected chi connectivity index (χ4v) is 6.13. The first-order valence-corrected chi connectivity index (χ1v) is 11.8. The van der Waals surface area contributed by atoms with Crippen molar-refractivity contribution in [2.75, 3.05) is 4.90 Å². The van der Waals surface area contributed by atoms with Crippen molar-refractivity contribution in [2.24, 2.45) is 5.92 Å². The van der Waals surface area contributed by atoms with Gasteiger partial charge in [-0.2, -0.15) is 26.3 Å². The number of alkyl halides is 6. The van der Waals surface area contributed by atoms with Crippen LogP contribution in [0.2, 0.25) is 0 Å². The van der Waals surface area contributed by atoms with E-state index < -0.39 is 29.7 Å². The molecule has 12 heteroatoms. The minimum absolute atomic E-state index is 0.0125. The number of rotatable bonds is 3. The summed E-state index contributed by atoms with van der Waals surface area (Å²) in [5, 5.41) is 11.3. The zero-order valence-corrected chi connectivity index (χ0v) is 18.7. The number of fused-ring (bicyclic) bond motifs is 3. The summed E-state index contributed by atoms with van der Waals surface area (Å²) in [5.74, 6) is 0.144. The van der Waals surface area contributed by atoms with Gasteiger partial charge < -0.3 is 4.90 Å². The highest BCUT2D eigenvalue weighted by Crippen LogP contribution is 2.52. The molecule has 1 saturated carbocycles. The van der Waals surface area contributed by atoms with Crippen LogP contribution in [-0.2, 0) is 12.4 Å². The number of halogens is 6. The standard InChI is InChI=1S/C23H17F6N5S/c24-22(25,26)14-9-18(23(27,28)29)31-19(10-14)34-16-2-1-13(8-16)20(34)21-32-30-11-33(21)15-3-4-17-12(7-15)5-6-35-17/h3-7,9-11,13,16,20H,1-2,8H2/t13-,16+,20-/m0/s1. The maximum atomic E-state index is 13.5. The molecule has 1 saturated heterocycles. The molecule has 35 heavy (non-hydrogen) atoms. The molecule has 0 radical (unpaired) electrons. The van der Waals surface area contributed by atoms with Gasteiger partial charge in [0.15, 0.2) is 5.82 Å². The summed E-state index contributed by atoms with van der Waals surface area (Å²) in [6.45, 7) is 0. The van der Waals surface area contributed by atoms with Crippen LogP contribution in [0.3, 0.4) is 0 Å². The van der Waals surface area contributed by atoms with Crippen molar-refractivity contribution in [3.63, 3.8) is 0 Å². The van der Waals surface area contributed by atoms with Crippen LogP contribution in [-0.4, -0.2) is 25.8 Å². The first-order valence-electron chi connectivity index (χ1n) is 10.9. The van der Waals surface area contributed by atoms with Gasteiger partial charge in [-0.15, -0.1) is 21.5 Å². The van der Waals surface area contributed by atoms with E-state index in [1.54, 1.807) is 20.8 Å². The fourth-order valence-electron chi connectivity index (χ4n) is 5.36. The third kappa shape index (κ3) is 3.74. The molecule has 4 heterocycles. The maximum absolute atomic E-state index is 13.5. The van der Waals surface area contributed by atoms with Gasteiger partial charge in [-0.25, -0.2) is 4.98 Å². The molecule has 2 aliphatic rings. The van der Waals surface area contributed by atoms with Gasteiger partial charge in [0, 0.05) is 16.4 Å². The molecule has 0 N–H and O–H groups in total. The van der Waals surface area contributed by atoms with Crippen molar-refractivity contribution in [1.82, 2.24) is 19.7 Å². The molecule has 1 aliphatic heterocycles. The quantitative estimate of drug-likeness (QED) is 0.291. The van der Waals surface area contributed by atoms with Crippen LogP contribution in [0, 0.1) is 5.92 Å². The van der Waals surface area contributed by atoms with E-state index in [9.17, 15) is 26.3 Å². The minimum Gasteiger partial charge on any atom is -0.343 e. The molecule has 4 aromatic rings. The molecule has 3 atom stereocenters. The second kappa shape index (κ2) is 7.67. The van der Waals surface area contributed by atoms with Crippen LogP contribution in [0.1, 0.15) is 42.4 Å². The molecule has 1 aromatic carbocycles. The Bertz CT molecular complexity index is 1380. The third-order valence-electron chi connectivity index (χ3n) is 6.83. The molecule has 5 nitrogen and oxygen atoms in total. The first-order chi connectivity index (χ1) is 16.6. The topological polar surface area (TPSA) is 46.8 Å². The van der Waals surface area contributed by atoms with Crippen LogP contribution < -0.4 is 4.90 Å². The smallest absolute Gasteiger partial charge is 0.343 e. The van der Waals surface area contributed by atoms with Crippen molar-refractivity contribution < 1.29 is 26.3 Å². The number of hydrogen-bond donors (Lipinski definition) is 0. The lowest BCUT2D eigenvalue weighted by molar-refractivity contribution is -0.145. The Hall–Kier alpha value is -3.15. The van der Waals surface area contributed by atoms with E-state index in [0.717, 1.165) is 22.2 Å². The summed E-state index contributed by atoms with van der Waals surface area (Å²) in [4.78, 5) is 5.25. The summed E-state index contributed by atoms with van der Waals surface area (Å²) in [6, 6.07) is 7.78. The van der Waals surface area contributed by atoms with Crippen LogP contribution in [0.25, 0.3) is 15.8 Å². The highest BCUT2D eigenvalue weighted by molar-refractivity contribution is 7.17. The average Bonchev–Trinajstić information content (AvgIpc) is 3.60. The molecule has 6 rings (SSSR count). The third-order valence-corrected chi connectivity index (χ3v) is 7.73. The van der Waals surface area contributed by atoms with Crippen LogP contribution in [0.15, 0.2) is 48.1 Å². The summed E-state index contributed by atoms with van der Waals surface area (Å²) in [6.07, 6.45) is -6.33. The zero-order valence-electron chi connectivity index (χ0n) is 17.9. The Balaban J connectivity index is 1.47. The molecule has 2 fully saturated rings. The molecule has 3 aromatic heterocycles. The van der Waals surface area contributed by atoms with Gasteiger partial charge in [-0.3, -0.25) is 4.57 Å². The van der Waals surface area contributed by atoms with E-state index in [2.05, 4.69) is 15.2 Å². The molecular formula is C23H17F6N5S. The second-order valence-electron chi connectivity index (χ2n) is 8.88. The average molecular weight is 509 g/mol. The van der Waals surface area contributed by atoms with E-state index in [0.29, 0.717) is 24.7 Å². The number of benzene rings is 1. The van der Waals surface area contributed by atoms with Gasteiger partial charge in [0.1, 0.15) is 17.8 Å². The number of aromatic nitrogens is 4. The zero-order chi connectivity index (χ0) is 24.5. The van der Waals surface area contributed by atoms with Crippen LogP contribution >= 0.6 is 11.3 Å². The lowest BCUT2D eigenvalue weighted by Crippen LogP contribution is -2.37. The molecule has 0 amide bonds. The highest BCUT2D eigenvalue weighted by atomic mass is 32.1. The van der Waals surface area contributed by atoms with Crippen molar-refractivity contribution in [1.29, 1.82) is 0 Å². The number of pyridine rings is 1. The van der Waals surface area contributed by atoms with E-state index >= 15 is 0 Å². The van der Waals surface area contributed by atoms with Gasteiger partial charge in [0.2, 0.25) is 0 Å². The van der Waals surface area contributed by atoms with Gasteiger partial charge in [-0.1, -0.05) is 0 Å². The summed E-state index contributed by atoms with van der Waals surface area (Å²) < 4.78 is 83.9. The molecule has 1 aliphatic carbocycles. The van der Waals surface area contributed by atoms with Crippen molar-refractivity contribution in [3.05, 3.63) is 65.2 Å². The Morgan fingerprint density at radius 1 is 0.943 bits per heavy atom. The van der Waals surface area contributed by atoms with Crippen molar-refractivity contribution in [2.45, 2.75) is 43.7 Å². The number of thiophene rings is 1. The van der Waals surface area contributed by atoms with Gasteiger partial charge in [-0.05, 0) is 72.3 Å². The van der Waals surface area contributed by atoms with E-state index in [-0.39, 0.29) is 23.8 Å². The largest absolute Gasteiger partial charge is 0.433 e. The lowest BCUT2D eigenvalue weighted by atomic mass is 9.97. The van der Waals surface area contributed by atoms with E-state index in [4.69, 9.17) is 0 Å². The van der Waals surface area contributed by atoms with Crippen molar-refractivity contribution in [3.8, 4) is 5.69 Å². The normalized spacial score (nSPS) is 22.5. The van der Waals surface area contributed by atoms with Crippen molar-refractivity contribution >= 4 is 27.2 Å². The molecule has 0 unspecified atom stereocenters. The summed E-state index contributed by atoms with van der Waals surface area (Å²) >= 11 is 1.60. The molecule has 182 valence electrons.